The lowest BCUT2D eigenvalue weighted by Crippen LogP contribution is -2.27. The molecule has 0 atom stereocenters. The normalized spacial score (nSPS) is 17.1. The first-order valence-electron chi connectivity index (χ1n) is 6.69. The van der Waals surface area contributed by atoms with Crippen LogP contribution in [-0.4, -0.2) is 46.2 Å². The summed E-state index contributed by atoms with van der Waals surface area (Å²) >= 11 is 0. The van der Waals surface area contributed by atoms with Crippen molar-refractivity contribution in [2.75, 3.05) is 26.2 Å². The van der Waals surface area contributed by atoms with Crippen molar-refractivity contribution in [3.8, 4) is 11.5 Å². The fourth-order valence-corrected chi connectivity index (χ4v) is 2.18. The smallest absolute Gasteiger partial charge is 0.241 e. The molecular weight excluding hydrogens is 261 g/mol. The van der Waals surface area contributed by atoms with Gasteiger partial charge in [0.25, 0.3) is 0 Å². The molecule has 2 aromatic rings. The number of hydrogen-bond acceptors (Lipinski definition) is 6. The van der Waals surface area contributed by atoms with Gasteiger partial charge in [-0.2, -0.15) is 4.98 Å². The van der Waals surface area contributed by atoms with Gasteiger partial charge in [0.15, 0.2) is 0 Å². The highest BCUT2D eigenvalue weighted by molar-refractivity contribution is 5.47. The van der Waals surface area contributed by atoms with Gasteiger partial charge in [0.2, 0.25) is 11.7 Å². The molecule has 3 heterocycles. The lowest BCUT2D eigenvalue weighted by Gasteiger charge is -2.16. The van der Waals surface area contributed by atoms with Crippen LogP contribution in [0.25, 0.3) is 11.5 Å². The molecule has 0 aliphatic carbocycles. The van der Waals surface area contributed by atoms with Gasteiger partial charge in [-0.1, -0.05) is 5.16 Å². The van der Waals surface area contributed by atoms with Gasteiger partial charge in [-0.3, -0.25) is 4.90 Å². The molecule has 0 bridgehead atoms. The number of rotatable bonds is 3. The summed E-state index contributed by atoms with van der Waals surface area (Å²) in [6, 6.07) is 2.87. The molecule has 1 aliphatic heterocycles. The molecule has 20 heavy (non-hydrogen) atoms. The number of halogens is 1. The van der Waals surface area contributed by atoms with Gasteiger partial charge in [-0.25, -0.2) is 9.37 Å². The molecule has 0 unspecified atom stereocenters. The van der Waals surface area contributed by atoms with Gasteiger partial charge in [0, 0.05) is 13.1 Å². The van der Waals surface area contributed by atoms with Crippen LogP contribution in [0.1, 0.15) is 12.3 Å². The lowest BCUT2D eigenvalue weighted by molar-refractivity contribution is 0.239. The molecule has 1 fully saturated rings. The standard InChI is InChI=1S/C13H16FN5O/c14-10-2-3-11(16-8-10)13-17-12(20-18-13)9-19-6-1-4-15-5-7-19/h2-3,8,15H,1,4-7,9H2. The first kappa shape index (κ1) is 13.1. The lowest BCUT2D eigenvalue weighted by atomic mass is 10.3. The first-order valence-corrected chi connectivity index (χ1v) is 6.69. The van der Waals surface area contributed by atoms with E-state index < -0.39 is 0 Å². The second-order valence-corrected chi connectivity index (χ2v) is 4.75. The minimum atomic E-state index is -0.380. The summed E-state index contributed by atoms with van der Waals surface area (Å²) in [7, 11) is 0. The van der Waals surface area contributed by atoms with E-state index in [1.165, 1.54) is 6.07 Å². The van der Waals surface area contributed by atoms with Gasteiger partial charge >= 0.3 is 0 Å². The fraction of sp³-hybridized carbons (Fsp3) is 0.462. The Balaban J connectivity index is 1.68. The molecule has 6 nitrogen and oxygen atoms in total. The molecule has 3 rings (SSSR count). The Kier molecular flexibility index (Phi) is 3.98. The predicted molar refractivity (Wildman–Crippen MR) is 70.3 cm³/mol. The topological polar surface area (TPSA) is 67.1 Å². The highest BCUT2D eigenvalue weighted by Crippen LogP contribution is 2.14. The molecule has 1 N–H and O–H groups in total. The third-order valence-corrected chi connectivity index (χ3v) is 3.22. The van der Waals surface area contributed by atoms with E-state index in [0.29, 0.717) is 24.0 Å². The first-order chi connectivity index (χ1) is 9.81. The summed E-state index contributed by atoms with van der Waals surface area (Å²) in [5.41, 5.74) is 0.513. The number of pyridine rings is 1. The van der Waals surface area contributed by atoms with Crippen molar-refractivity contribution in [1.82, 2.24) is 25.3 Å². The summed E-state index contributed by atoms with van der Waals surface area (Å²) in [6.45, 7) is 4.63. The second-order valence-electron chi connectivity index (χ2n) is 4.75. The number of nitrogens with one attached hydrogen (secondary N) is 1. The summed E-state index contributed by atoms with van der Waals surface area (Å²) in [5, 5.41) is 7.24. The van der Waals surface area contributed by atoms with Crippen molar-refractivity contribution in [2.24, 2.45) is 0 Å². The summed E-state index contributed by atoms with van der Waals surface area (Å²) < 4.78 is 18.1. The molecule has 106 valence electrons. The highest BCUT2D eigenvalue weighted by atomic mass is 19.1. The van der Waals surface area contributed by atoms with Crippen molar-refractivity contribution in [1.29, 1.82) is 0 Å². The van der Waals surface area contributed by atoms with E-state index in [4.69, 9.17) is 4.52 Å². The Labute approximate surface area is 116 Å². The van der Waals surface area contributed by atoms with Crippen LogP contribution in [0.3, 0.4) is 0 Å². The van der Waals surface area contributed by atoms with E-state index in [-0.39, 0.29) is 5.82 Å². The van der Waals surface area contributed by atoms with Gasteiger partial charge in [0.1, 0.15) is 11.5 Å². The van der Waals surface area contributed by atoms with Crippen LogP contribution in [0.4, 0.5) is 4.39 Å². The number of nitrogens with zero attached hydrogens (tertiary/aromatic N) is 4. The zero-order valence-electron chi connectivity index (χ0n) is 11.0. The van der Waals surface area contributed by atoms with Crippen LogP contribution in [0.5, 0.6) is 0 Å². The van der Waals surface area contributed by atoms with Crippen LogP contribution >= 0.6 is 0 Å². The van der Waals surface area contributed by atoms with E-state index >= 15 is 0 Å². The average Bonchev–Trinajstić information content (AvgIpc) is 2.76. The largest absolute Gasteiger partial charge is 0.337 e. The Morgan fingerprint density at radius 2 is 2.25 bits per heavy atom. The van der Waals surface area contributed by atoms with Crippen molar-refractivity contribution >= 4 is 0 Å². The average molecular weight is 277 g/mol. The Hall–Kier alpha value is -1.86. The van der Waals surface area contributed by atoms with Crippen LogP contribution in [0.2, 0.25) is 0 Å². The Bertz CT molecular complexity index is 548. The second kappa shape index (κ2) is 6.06. The van der Waals surface area contributed by atoms with Crippen molar-refractivity contribution in [3.05, 3.63) is 30.0 Å². The fourth-order valence-electron chi connectivity index (χ4n) is 2.18. The zero-order chi connectivity index (χ0) is 13.8. The van der Waals surface area contributed by atoms with Gasteiger partial charge in [0.05, 0.1) is 12.7 Å². The van der Waals surface area contributed by atoms with Gasteiger partial charge in [-0.15, -0.1) is 0 Å². The molecule has 1 aliphatic rings. The predicted octanol–water partition coefficient (Wildman–Crippen LogP) is 1.07. The zero-order valence-corrected chi connectivity index (χ0v) is 11.0. The molecule has 0 saturated carbocycles. The molecule has 7 heteroatoms. The maximum Gasteiger partial charge on any atom is 0.241 e. The van der Waals surface area contributed by atoms with E-state index in [9.17, 15) is 4.39 Å². The van der Waals surface area contributed by atoms with E-state index in [1.54, 1.807) is 6.07 Å². The summed E-state index contributed by atoms with van der Waals surface area (Å²) in [4.78, 5) is 10.5. The Morgan fingerprint density at radius 1 is 1.30 bits per heavy atom. The molecule has 1 saturated heterocycles. The molecule has 0 aromatic carbocycles. The third kappa shape index (κ3) is 3.17. The molecule has 0 amide bonds. The maximum absolute atomic E-state index is 12.8. The summed E-state index contributed by atoms with van der Waals surface area (Å²) in [5.74, 6) is 0.579. The van der Waals surface area contributed by atoms with Crippen LogP contribution < -0.4 is 5.32 Å². The van der Waals surface area contributed by atoms with Crippen molar-refractivity contribution in [2.45, 2.75) is 13.0 Å². The molecule has 0 radical (unpaired) electrons. The minimum absolute atomic E-state index is 0.380. The van der Waals surface area contributed by atoms with E-state index in [1.807, 2.05) is 0 Å². The monoisotopic (exact) mass is 277 g/mol. The Morgan fingerprint density at radius 3 is 3.10 bits per heavy atom. The number of hydrogen-bond donors (Lipinski definition) is 1. The molecule has 0 spiro atoms. The molecule has 2 aromatic heterocycles. The summed E-state index contributed by atoms with van der Waals surface area (Å²) in [6.07, 6.45) is 2.26. The van der Waals surface area contributed by atoms with E-state index in [0.717, 1.165) is 38.8 Å². The van der Waals surface area contributed by atoms with Gasteiger partial charge < -0.3 is 9.84 Å². The highest BCUT2D eigenvalue weighted by Gasteiger charge is 2.15. The van der Waals surface area contributed by atoms with Crippen molar-refractivity contribution in [3.63, 3.8) is 0 Å². The maximum atomic E-state index is 12.8. The SMILES string of the molecule is Fc1ccc(-c2noc(CN3CCCNCC3)n2)nc1. The van der Waals surface area contributed by atoms with Crippen LogP contribution in [0.15, 0.2) is 22.9 Å². The van der Waals surface area contributed by atoms with Crippen LogP contribution in [0, 0.1) is 5.82 Å². The van der Waals surface area contributed by atoms with Gasteiger partial charge in [-0.05, 0) is 31.6 Å². The minimum Gasteiger partial charge on any atom is -0.337 e. The quantitative estimate of drug-likeness (QED) is 0.905. The van der Waals surface area contributed by atoms with E-state index in [2.05, 4.69) is 25.3 Å². The number of aromatic nitrogens is 3. The van der Waals surface area contributed by atoms with Crippen molar-refractivity contribution < 1.29 is 8.91 Å². The molecular formula is C13H16FN5O. The van der Waals surface area contributed by atoms with Crippen LogP contribution in [-0.2, 0) is 6.54 Å². The third-order valence-electron chi connectivity index (χ3n) is 3.22.